The number of aliphatic hydroxyl groups excluding tert-OH is 1. The zero-order valence-corrected chi connectivity index (χ0v) is 13.2. The monoisotopic (exact) mass is 325 g/mol. The van der Waals surface area contributed by atoms with Crippen molar-refractivity contribution in [1.82, 2.24) is 14.3 Å². The summed E-state index contributed by atoms with van der Waals surface area (Å²) in [6.07, 6.45) is 5.44. The summed E-state index contributed by atoms with van der Waals surface area (Å²) < 4.78 is 5.02. The predicted molar refractivity (Wildman–Crippen MR) is 79.0 cm³/mol. The fraction of sp³-hybridized carbons (Fsp3) is 0.500. The Bertz CT molecular complexity index is 559. The quantitative estimate of drug-likeness (QED) is 0.917. The molecule has 0 spiro atoms. The Labute approximate surface area is 122 Å². The van der Waals surface area contributed by atoms with Crippen molar-refractivity contribution < 1.29 is 5.11 Å². The summed E-state index contributed by atoms with van der Waals surface area (Å²) in [7, 11) is 1.95. The van der Waals surface area contributed by atoms with E-state index in [0.29, 0.717) is 0 Å². The third-order valence-electron chi connectivity index (χ3n) is 3.31. The number of hydrogen-bond acceptors (Lipinski definition) is 2. The zero-order valence-electron chi connectivity index (χ0n) is 11.6. The second-order valence-corrected chi connectivity index (χ2v) is 5.68. The molecule has 1 atom stereocenters. The highest BCUT2D eigenvalue weighted by Crippen LogP contribution is 2.23. The number of nitrogens with zero attached hydrogens (tertiary/aromatic N) is 3. The van der Waals surface area contributed by atoms with Gasteiger partial charge in [0.05, 0.1) is 28.5 Å². The molecule has 0 fully saturated rings. The van der Waals surface area contributed by atoms with Gasteiger partial charge < -0.3 is 9.67 Å². The molecule has 0 aliphatic heterocycles. The maximum atomic E-state index is 9.97. The topological polar surface area (TPSA) is 43.0 Å². The molecule has 5 heteroatoms. The van der Waals surface area contributed by atoms with Gasteiger partial charge in [-0.1, -0.05) is 13.3 Å². The molecule has 2 heterocycles. The number of halogens is 1. The Morgan fingerprint density at radius 1 is 1.47 bits per heavy atom. The Hall–Kier alpha value is -1.07. The molecule has 104 valence electrons. The largest absolute Gasteiger partial charge is 0.388 e. The summed E-state index contributed by atoms with van der Waals surface area (Å²) in [5, 5.41) is 14.4. The van der Waals surface area contributed by atoms with Gasteiger partial charge >= 0.3 is 0 Å². The Morgan fingerprint density at radius 3 is 2.79 bits per heavy atom. The van der Waals surface area contributed by atoms with E-state index in [0.717, 1.165) is 40.8 Å². The zero-order chi connectivity index (χ0) is 14.0. The third-order valence-corrected chi connectivity index (χ3v) is 4.35. The van der Waals surface area contributed by atoms with Gasteiger partial charge in [-0.25, -0.2) is 0 Å². The first-order valence-corrected chi connectivity index (χ1v) is 7.34. The first-order valence-electron chi connectivity index (χ1n) is 6.54. The van der Waals surface area contributed by atoms with Gasteiger partial charge in [-0.05, 0) is 40.9 Å². The summed E-state index contributed by atoms with van der Waals surface area (Å²) in [5.41, 5.74) is 3.11. The molecule has 0 bridgehead atoms. The van der Waals surface area contributed by atoms with Gasteiger partial charge in [0, 0.05) is 19.4 Å². The van der Waals surface area contributed by atoms with Crippen molar-refractivity contribution in [1.29, 1.82) is 0 Å². The molecule has 0 saturated heterocycles. The number of rotatable bonds is 5. The van der Waals surface area contributed by atoms with Crippen LogP contribution in [0.25, 0.3) is 0 Å². The minimum Gasteiger partial charge on any atom is -0.388 e. The lowest BCUT2D eigenvalue weighted by Crippen LogP contribution is -2.04. The summed E-state index contributed by atoms with van der Waals surface area (Å²) in [5.74, 6) is 0. The molecule has 0 radical (unpaired) electrons. The number of aromatic nitrogens is 3. The lowest BCUT2D eigenvalue weighted by Gasteiger charge is -2.07. The van der Waals surface area contributed by atoms with E-state index >= 15 is 0 Å². The van der Waals surface area contributed by atoms with Crippen molar-refractivity contribution in [2.75, 3.05) is 0 Å². The molecular formula is C14H20BrN3O. The van der Waals surface area contributed by atoms with Crippen LogP contribution in [0.1, 0.15) is 42.8 Å². The molecule has 2 aromatic heterocycles. The summed E-state index contributed by atoms with van der Waals surface area (Å²) in [6.45, 7) is 4.81. The maximum Gasteiger partial charge on any atom is 0.0804 e. The van der Waals surface area contributed by atoms with Crippen LogP contribution in [0.4, 0.5) is 0 Å². The van der Waals surface area contributed by atoms with Gasteiger partial charge in [0.15, 0.2) is 0 Å². The van der Waals surface area contributed by atoms with E-state index in [2.05, 4.69) is 32.5 Å². The highest BCUT2D eigenvalue weighted by molar-refractivity contribution is 9.10. The molecule has 4 nitrogen and oxygen atoms in total. The first-order chi connectivity index (χ1) is 9.02. The van der Waals surface area contributed by atoms with Crippen LogP contribution in [-0.2, 0) is 13.6 Å². The molecule has 0 saturated carbocycles. The minimum absolute atomic E-state index is 0.358. The fourth-order valence-corrected chi connectivity index (χ4v) is 2.68. The van der Waals surface area contributed by atoms with Crippen molar-refractivity contribution in [3.05, 3.63) is 39.9 Å². The normalized spacial score (nSPS) is 12.9. The van der Waals surface area contributed by atoms with E-state index in [-0.39, 0.29) is 6.10 Å². The summed E-state index contributed by atoms with van der Waals surface area (Å²) in [6, 6.07) is 1.98. The van der Waals surface area contributed by atoms with Gasteiger partial charge in [-0.15, -0.1) is 0 Å². The van der Waals surface area contributed by atoms with Gasteiger partial charge in [-0.3, -0.25) is 4.68 Å². The third kappa shape index (κ3) is 3.09. The Kier molecular flexibility index (Phi) is 4.47. The van der Waals surface area contributed by atoms with Crippen LogP contribution in [0, 0.1) is 6.92 Å². The molecule has 1 unspecified atom stereocenters. The van der Waals surface area contributed by atoms with Gasteiger partial charge in [0.1, 0.15) is 0 Å². The van der Waals surface area contributed by atoms with E-state index in [9.17, 15) is 5.11 Å². The van der Waals surface area contributed by atoms with E-state index in [1.54, 1.807) is 0 Å². The molecule has 2 aromatic rings. The Balaban J connectivity index is 2.16. The average molecular weight is 326 g/mol. The average Bonchev–Trinajstić information content (AvgIpc) is 2.91. The molecular weight excluding hydrogens is 306 g/mol. The maximum absolute atomic E-state index is 9.97. The van der Waals surface area contributed by atoms with E-state index in [1.165, 1.54) is 0 Å². The predicted octanol–water partition coefficient (Wildman–Crippen LogP) is 3.17. The van der Waals surface area contributed by atoms with Crippen LogP contribution in [0.3, 0.4) is 0 Å². The smallest absolute Gasteiger partial charge is 0.0804 e. The standard InChI is InChI=1S/C14H20BrN3O/c1-4-5-13(19)11-6-7-18(8-11)9-12-14(15)10(2)16-17(12)3/h6-8,13,19H,4-5,9H2,1-3H3. The van der Waals surface area contributed by atoms with E-state index in [4.69, 9.17) is 0 Å². The molecule has 0 aliphatic rings. The highest BCUT2D eigenvalue weighted by Gasteiger charge is 2.12. The number of aliphatic hydroxyl groups is 1. The SMILES string of the molecule is CCCC(O)c1ccn(Cc2c(Br)c(C)nn2C)c1. The summed E-state index contributed by atoms with van der Waals surface area (Å²) >= 11 is 3.57. The van der Waals surface area contributed by atoms with Gasteiger partial charge in [0.25, 0.3) is 0 Å². The molecule has 0 aliphatic carbocycles. The van der Waals surface area contributed by atoms with E-state index in [1.807, 2.05) is 37.1 Å². The molecule has 19 heavy (non-hydrogen) atoms. The summed E-state index contributed by atoms with van der Waals surface area (Å²) in [4.78, 5) is 0. The first kappa shape index (κ1) is 14.3. The Morgan fingerprint density at radius 2 is 2.21 bits per heavy atom. The second kappa shape index (κ2) is 5.92. The van der Waals surface area contributed by atoms with Gasteiger partial charge in [0.2, 0.25) is 0 Å². The van der Waals surface area contributed by atoms with Gasteiger partial charge in [-0.2, -0.15) is 5.10 Å². The van der Waals surface area contributed by atoms with Crippen molar-refractivity contribution in [3.8, 4) is 0 Å². The van der Waals surface area contributed by atoms with E-state index < -0.39 is 0 Å². The van der Waals surface area contributed by atoms with Crippen LogP contribution in [0.2, 0.25) is 0 Å². The molecule has 0 amide bonds. The van der Waals surface area contributed by atoms with Crippen LogP contribution < -0.4 is 0 Å². The molecule has 0 aromatic carbocycles. The number of aryl methyl sites for hydroxylation is 2. The minimum atomic E-state index is -0.358. The lowest BCUT2D eigenvalue weighted by molar-refractivity contribution is 0.166. The van der Waals surface area contributed by atoms with Crippen molar-refractivity contribution in [2.24, 2.45) is 7.05 Å². The second-order valence-electron chi connectivity index (χ2n) is 4.89. The fourth-order valence-electron chi connectivity index (χ4n) is 2.22. The highest BCUT2D eigenvalue weighted by atomic mass is 79.9. The van der Waals surface area contributed by atoms with Crippen LogP contribution in [0.15, 0.2) is 22.9 Å². The van der Waals surface area contributed by atoms with Crippen LogP contribution in [0.5, 0.6) is 0 Å². The number of hydrogen-bond donors (Lipinski definition) is 1. The van der Waals surface area contributed by atoms with Crippen molar-refractivity contribution in [2.45, 2.75) is 39.3 Å². The van der Waals surface area contributed by atoms with Crippen molar-refractivity contribution in [3.63, 3.8) is 0 Å². The molecule has 1 N–H and O–H groups in total. The van der Waals surface area contributed by atoms with Crippen LogP contribution >= 0.6 is 15.9 Å². The lowest BCUT2D eigenvalue weighted by atomic mass is 10.1. The molecule has 2 rings (SSSR count). The van der Waals surface area contributed by atoms with Crippen molar-refractivity contribution >= 4 is 15.9 Å². The van der Waals surface area contributed by atoms with Crippen LogP contribution in [-0.4, -0.2) is 19.5 Å².